The molecule has 0 heterocycles. The molecule has 0 aliphatic rings. The van der Waals surface area contributed by atoms with E-state index in [1.165, 1.54) is 19.1 Å². The Labute approximate surface area is 152 Å². The molecule has 0 aliphatic carbocycles. The molecule has 0 fully saturated rings. The quantitative estimate of drug-likeness (QED) is 0.473. The molecule has 2 aromatic rings. The van der Waals surface area contributed by atoms with Crippen molar-refractivity contribution in [3.63, 3.8) is 0 Å². The summed E-state index contributed by atoms with van der Waals surface area (Å²) in [6.45, 7) is 4.93. The summed E-state index contributed by atoms with van der Waals surface area (Å²) in [7, 11) is -5.78. The predicted molar refractivity (Wildman–Crippen MR) is 91.2 cm³/mol. The van der Waals surface area contributed by atoms with Gasteiger partial charge in [-0.2, -0.15) is 21.6 Å². The second-order valence-electron chi connectivity index (χ2n) is 5.59. The molecule has 0 atom stereocenters. The Hall–Kier alpha value is -2.88. The highest BCUT2D eigenvalue weighted by molar-refractivity contribution is 7.90. The van der Waals surface area contributed by atoms with Crippen LogP contribution in [0.4, 0.5) is 13.2 Å². The van der Waals surface area contributed by atoms with Gasteiger partial charge in [-0.15, -0.1) is 0 Å². The molecule has 0 spiro atoms. The van der Waals surface area contributed by atoms with Crippen LogP contribution in [0, 0.1) is 0 Å². The maximum absolute atomic E-state index is 12.4. The lowest BCUT2D eigenvalue weighted by atomic mass is 10.0. The van der Waals surface area contributed by atoms with E-state index >= 15 is 0 Å². The van der Waals surface area contributed by atoms with Crippen molar-refractivity contribution in [3.8, 4) is 5.75 Å². The number of nitrogens with one attached hydrogen (secondary N) is 1. The Balaban J connectivity index is 2.34. The first-order valence-corrected chi connectivity index (χ1v) is 8.91. The van der Waals surface area contributed by atoms with Crippen LogP contribution < -0.4 is 9.46 Å². The van der Waals surface area contributed by atoms with Crippen molar-refractivity contribution >= 4 is 32.7 Å². The minimum absolute atomic E-state index is 0.167. The highest BCUT2D eigenvalue weighted by Gasteiger charge is 2.46. The summed E-state index contributed by atoms with van der Waals surface area (Å²) in [6.07, 6.45) is -0.621. The Bertz CT molecular complexity index is 1030. The summed E-state index contributed by atoms with van der Waals surface area (Å²) in [5, 5.41) is 0.847. The summed E-state index contributed by atoms with van der Waals surface area (Å²) >= 11 is 0. The van der Waals surface area contributed by atoms with Crippen molar-refractivity contribution in [2.75, 3.05) is 0 Å². The van der Waals surface area contributed by atoms with Crippen LogP contribution >= 0.6 is 0 Å². The second-order valence-corrected chi connectivity index (χ2v) is 7.26. The van der Waals surface area contributed by atoms with E-state index in [0.29, 0.717) is 10.8 Å². The van der Waals surface area contributed by atoms with Gasteiger partial charge in [-0.1, -0.05) is 36.9 Å². The van der Waals surface area contributed by atoms with Gasteiger partial charge >= 0.3 is 21.5 Å². The average molecular weight is 401 g/mol. The molecule has 1 N–H and O–H groups in total. The maximum Gasteiger partial charge on any atom is 0.516 e. The van der Waals surface area contributed by atoms with E-state index in [9.17, 15) is 31.2 Å². The SMILES string of the molecule is C=C(C)C(=O)Oc1ccc(CC(=O)NS(=O)(=O)C(F)(F)F)c2ccccc12. The number of fused-ring (bicyclic) bond motifs is 1. The molecule has 1 amide bonds. The number of ether oxygens (including phenoxy) is 1. The molecule has 0 bridgehead atoms. The molecule has 0 radical (unpaired) electrons. The molecule has 0 aromatic heterocycles. The van der Waals surface area contributed by atoms with E-state index in [1.807, 2.05) is 0 Å². The molecule has 27 heavy (non-hydrogen) atoms. The van der Waals surface area contributed by atoms with E-state index in [0.717, 1.165) is 4.72 Å². The standard InChI is InChI=1S/C17H14F3NO5S/c1-10(2)16(23)26-14-8-7-11(12-5-3-4-6-13(12)14)9-15(22)21-27(24,25)17(18,19)20/h3-8H,1,9H2,2H3,(H,21,22). The predicted octanol–water partition coefficient (Wildman–Crippen LogP) is 2.83. The number of carbonyl (C=O) groups is 2. The third kappa shape index (κ3) is 4.64. The van der Waals surface area contributed by atoms with E-state index in [2.05, 4.69) is 6.58 Å². The molecule has 2 rings (SSSR count). The molecule has 6 nitrogen and oxygen atoms in total. The molecule has 0 unspecified atom stereocenters. The zero-order chi connectivity index (χ0) is 20.4. The van der Waals surface area contributed by atoms with Gasteiger partial charge < -0.3 is 4.74 Å². The molecular weight excluding hydrogens is 387 g/mol. The molecule has 0 saturated heterocycles. The van der Waals surface area contributed by atoms with Crippen molar-refractivity contribution < 1.29 is 35.9 Å². The van der Waals surface area contributed by atoms with Gasteiger partial charge in [0.05, 0.1) is 6.42 Å². The van der Waals surface area contributed by atoms with Crippen LogP contribution in [0.25, 0.3) is 10.8 Å². The number of alkyl halides is 3. The zero-order valence-electron chi connectivity index (χ0n) is 14.0. The largest absolute Gasteiger partial charge is 0.516 e. The van der Waals surface area contributed by atoms with Crippen molar-refractivity contribution in [1.29, 1.82) is 0 Å². The molecular formula is C17H14F3NO5S. The van der Waals surface area contributed by atoms with Crippen LogP contribution in [-0.2, 0) is 26.0 Å². The monoisotopic (exact) mass is 401 g/mol. The fraction of sp³-hybridized carbons (Fsp3) is 0.176. The normalized spacial score (nSPS) is 11.9. The number of esters is 1. The maximum atomic E-state index is 12.4. The summed E-state index contributed by atoms with van der Waals surface area (Å²) in [5.74, 6) is -1.84. The number of hydrogen-bond acceptors (Lipinski definition) is 5. The smallest absolute Gasteiger partial charge is 0.423 e. The van der Waals surface area contributed by atoms with Gasteiger partial charge in [0.1, 0.15) is 5.75 Å². The van der Waals surface area contributed by atoms with Crippen LogP contribution in [0.5, 0.6) is 5.75 Å². The van der Waals surface area contributed by atoms with Crippen LogP contribution in [0.15, 0.2) is 48.6 Å². The zero-order valence-corrected chi connectivity index (χ0v) is 14.8. The number of hydrogen-bond donors (Lipinski definition) is 1. The average Bonchev–Trinajstić information content (AvgIpc) is 2.55. The molecule has 144 valence electrons. The first kappa shape index (κ1) is 20.4. The Morgan fingerprint density at radius 3 is 2.26 bits per heavy atom. The van der Waals surface area contributed by atoms with Gasteiger partial charge in [-0.05, 0) is 23.9 Å². The Morgan fingerprint density at radius 1 is 1.11 bits per heavy atom. The van der Waals surface area contributed by atoms with Gasteiger partial charge in [0.2, 0.25) is 5.91 Å². The molecule has 2 aromatic carbocycles. The highest BCUT2D eigenvalue weighted by Crippen LogP contribution is 2.29. The third-order valence-electron chi connectivity index (χ3n) is 3.43. The lowest BCUT2D eigenvalue weighted by molar-refractivity contribution is -0.130. The fourth-order valence-electron chi connectivity index (χ4n) is 2.18. The number of halogens is 3. The molecule has 10 heteroatoms. The number of amides is 1. The fourth-order valence-corrected chi connectivity index (χ4v) is 2.67. The van der Waals surface area contributed by atoms with Gasteiger partial charge in [0, 0.05) is 11.0 Å². The summed E-state index contributed by atoms with van der Waals surface area (Å²) in [5.41, 5.74) is -5.17. The molecule has 0 aliphatic heterocycles. The van der Waals surface area contributed by atoms with Gasteiger partial charge in [0.25, 0.3) is 0 Å². The van der Waals surface area contributed by atoms with Crippen molar-refractivity contribution in [2.24, 2.45) is 0 Å². The van der Waals surface area contributed by atoms with Gasteiger partial charge in [0.15, 0.2) is 0 Å². The number of benzene rings is 2. The van der Waals surface area contributed by atoms with Gasteiger partial charge in [-0.25, -0.2) is 9.52 Å². The summed E-state index contributed by atoms with van der Waals surface area (Å²) in [6, 6.07) is 9.13. The van der Waals surface area contributed by atoms with Crippen molar-refractivity contribution in [3.05, 3.63) is 54.1 Å². The number of carbonyl (C=O) groups excluding carboxylic acids is 2. The Kier molecular flexibility index (Phi) is 5.59. The highest BCUT2D eigenvalue weighted by atomic mass is 32.2. The second kappa shape index (κ2) is 7.39. The topological polar surface area (TPSA) is 89.5 Å². The van der Waals surface area contributed by atoms with Crippen LogP contribution in [-0.4, -0.2) is 25.8 Å². The molecule has 0 saturated carbocycles. The first-order valence-electron chi connectivity index (χ1n) is 7.42. The van der Waals surface area contributed by atoms with Crippen molar-refractivity contribution in [2.45, 2.75) is 18.9 Å². The minimum Gasteiger partial charge on any atom is -0.423 e. The summed E-state index contributed by atoms with van der Waals surface area (Å²) in [4.78, 5) is 23.5. The van der Waals surface area contributed by atoms with E-state index in [1.54, 1.807) is 24.3 Å². The van der Waals surface area contributed by atoms with Crippen LogP contribution in [0.1, 0.15) is 12.5 Å². The summed E-state index contributed by atoms with van der Waals surface area (Å²) < 4.78 is 65.3. The van der Waals surface area contributed by atoms with Crippen LogP contribution in [0.2, 0.25) is 0 Å². The third-order valence-corrected chi connectivity index (χ3v) is 4.54. The lowest BCUT2D eigenvalue weighted by Crippen LogP contribution is -2.40. The van der Waals surface area contributed by atoms with E-state index in [4.69, 9.17) is 4.74 Å². The lowest BCUT2D eigenvalue weighted by Gasteiger charge is -2.12. The Morgan fingerprint density at radius 2 is 1.70 bits per heavy atom. The van der Waals surface area contributed by atoms with E-state index in [-0.39, 0.29) is 16.9 Å². The van der Waals surface area contributed by atoms with Gasteiger partial charge in [-0.3, -0.25) is 4.79 Å². The minimum atomic E-state index is -5.78. The van der Waals surface area contributed by atoms with Crippen LogP contribution in [0.3, 0.4) is 0 Å². The van der Waals surface area contributed by atoms with Crippen molar-refractivity contribution in [1.82, 2.24) is 4.72 Å². The first-order chi connectivity index (χ1) is 12.4. The number of sulfonamides is 1. The van der Waals surface area contributed by atoms with E-state index < -0.39 is 33.8 Å². The number of rotatable bonds is 5.